The monoisotopic (exact) mass is 361 g/mol. The summed E-state index contributed by atoms with van der Waals surface area (Å²) in [6.07, 6.45) is 1.03. The average Bonchev–Trinajstić information content (AvgIpc) is 2.81. The minimum absolute atomic E-state index is 0.279. The second-order valence-electron chi connectivity index (χ2n) is 5.09. The smallest absolute Gasteiger partial charge is 0.204 e. The van der Waals surface area contributed by atoms with E-state index in [0.29, 0.717) is 27.8 Å². The van der Waals surface area contributed by atoms with Crippen LogP contribution < -0.4 is 10.2 Å². The molecule has 0 aliphatic carbocycles. The maximum Gasteiger partial charge on any atom is 0.204 e. The fourth-order valence-corrected chi connectivity index (χ4v) is 3.29. The van der Waals surface area contributed by atoms with E-state index < -0.39 is 0 Å². The van der Waals surface area contributed by atoms with E-state index in [1.807, 2.05) is 7.05 Å². The van der Waals surface area contributed by atoms with Gasteiger partial charge in [0.15, 0.2) is 10.6 Å². The number of halogens is 2. The molecule has 2 rings (SSSR count). The molecule has 8 heteroatoms. The highest BCUT2D eigenvalue weighted by molar-refractivity contribution is 7.73. The van der Waals surface area contributed by atoms with Crippen LogP contribution >= 0.6 is 35.2 Å². The van der Waals surface area contributed by atoms with Crippen LogP contribution in [0.5, 0.6) is 0 Å². The Kier molecular flexibility index (Phi) is 6.31. The van der Waals surface area contributed by atoms with E-state index in [9.17, 15) is 4.39 Å². The van der Waals surface area contributed by atoms with Gasteiger partial charge in [-0.05, 0) is 30.8 Å². The molecule has 0 saturated carbocycles. The standard InChI is InChI=1S/C14H18ClFN4S2/c1-3-7-17-13-18-20(14(21)22-13)9-19(2)8-10-11(15)5-4-6-12(10)16/h4-6H,3,7-9H2,1-2H3,(H,17,18)/p+1. The molecule has 120 valence electrons. The molecule has 2 N–H and O–H groups in total. The Morgan fingerprint density at radius 2 is 2.27 bits per heavy atom. The molecule has 1 heterocycles. The summed E-state index contributed by atoms with van der Waals surface area (Å²) >= 11 is 12.8. The first kappa shape index (κ1) is 17.3. The Morgan fingerprint density at radius 3 is 2.95 bits per heavy atom. The van der Waals surface area contributed by atoms with Gasteiger partial charge in [0, 0.05) is 6.54 Å². The first-order valence-corrected chi connectivity index (χ1v) is 8.67. The topological polar surface area (TPSA) is 34.3 Å². The van der Waals surface area contributed by atoms with Crippen molar-refractivity contribution in [2.75, 3.05) is 18.9 Å². The largest absolute Gasteiger partial charge is 0.360 e. The number of rotatable bonds is 7. The van der Waals surface area contributed by atoms with Gasteiger partial charge < -0.3 is 10.2 Å². The maximum atomic E-state index is 13.8. The highest BCUT2D eigenvalue weighted by Crippen LogP contribution is 2.18. The molecule has 0 aliphatic heterocycles. The zero-order valence-corrected chi connectivity index (χ0v) is 14.9. The number of nitrogens with zero attached hydrogens (tertiary/aromatic N) is 2. The van der Waals surface area contributed by atoms with Crippen molar-refractivity contribution in [3.05, 3.63) is 38.6 Å². The number of hydrogen-bond donors (Lipinski definition) is 2. The Hall–Kier alpha value is -1.02. The Bertz CT molecular complexity index is 665. The van der Waals surface area contributed by atoms with E-state index in [2.05, 4.69) is 17.3 Å². The summed E-state index contributed by atoms with van der Waals surface area (Å²) in [6.45, 7) is 4.01. The number of quaternary nitrogens is 1. The van der Waals surface area contributed by atoms with Crippen LogP contribution in [0.15, 0.2) is 18.2 Å². The molecule has 2 aromatic rings. The number of aromatic nitrogens is 2. The van der Waals surface area contributed by atoms with Crippen molar-refractivity contribution in [3.63, 3.8) is 0 Å². The maximum absolute atomic E-state index is 13.8. The predicted molar refractivity (Wildman–Crippen MR) is 91.7 cm³/mol. The van der Waals surface area contributed by atoms with Gasteiger partial charge in [-0.25, -0.2) is 4.39 Å². The quantitative estimate of drug-likeness (QED) is 0.744. The second kappa shape index (κ2) is 8.01. The molecule has 1 atom stereocenters. The van der Waals surface area contributed by atoms with Crippen LogP contribution in [-0.2, 0) is 13.2 Å². The first-order chi connectivity index (χ1) is 10.5. The van der Waals surface area contributed by atoms with Gasteiger partial charge in [-0.3, -0.25) is 0 Å². The second-order valence-corrected chi connectivity index (χ2v) is 7.12. The van der Waals surface area contributed by atoms with E-state index in [1.165, 1.54) is 17.4 Å². The molecule has 0 spiro atoms. The van der Waals surface area contributed by atoms with Crippen LogP contribution in [-0.4, -0.2) is 23.4 Å². The third kappa shape index (κ3) is 4.49. The molecule has 4 nitrogen and oxygen atoms in total. The van der Waals surface area contributed by atoms with Gasteiger partial charge in [-0.15, -0.1) is 5.10 Å². The molecule has 0 amide bonds. The first-order valence-electron chi connectivity index (χ1n) is 7.07. The Labute approximate surface area is 143 Å². The van der Waals surface area contributed by atoms with E-state index >= 15 is 0 Å². The molecule has 0 radical (unpaired) electrons. The summed E-state index contributed by atoms with van der Waals surface area (Å²) in [5.41, 5.74) is 0.521. The van der Waals surface area contributed by atoms with Crippen LogP contribution in [0.3, 0.4) is 0 Å². The molecule has 1 unspecified atom stereocenters. The van der Waals surface area contributed by atoms with Gasteiger partial charge in [0.2, 0.25) is 5.13 Å². The van der Waals surface area contributed by atoms with Crippen molar-refractivity contribution in [1.29, 1.82) is 0 Å². The number of benzene rings is 1. The van der Waals surface area contributed by atoms with Gasteiger partial charge in [-0.1, -0.05) is 35.9 Å². The molecule has 0 fully saturated rings. The number of hydrogen-bond acceptors (Lipinski definition) is 4. The van der Waals surface area contributed by atoms with Crippen molar-refractivity contribution in [1.82, 2.24) is 9.78 Å². The average molecular weight is 362 g/mol. The summed E-state index contributed by atoms with van der Waals surface area (Å²) in [4.78, 5) is 1.05. The molecule has 0 aliphatic rings. The van der Waals surface area contributed by atoms with Crippen LogP contribution in [0.1, 0.15) is 18.9 Å². The number of anilines is 1. The minimum atomic E-state index is -0.279. The lowest BCUT2D eigenvalue weighted by Gasteiger charge is -2.15. The molecule has 0 saturated heterocycles. The molecule has 1 aromatic heterocycles. The highest BCUT2D eigenvalue weighted by Gasteiger charge is 2.14. The van der Waals surface area contributed by atoms with Crippen LogP contribution in [0.25, 0.3) is 0 Å². The molecular weight excluding hydrogens is 343 g/mol. The van der Waals surface area contributed by atoms with Crippen molar-refractivity contribution in [2.45, 2.75) is 26.6 Å². The third-order valence-electron chi connectivity index (χ3n) is 3.09. The Balaban J connectivity index is 2.04. The van der Waals surface area contributed by atoms with Gasteiger partial charge >= 0.3 is 0 Å². The lowest BCUT2D eigenvalue weighted by atomic mass is 10.2. The summed E-state index contributed by atoms with van der Waals surface area (Å²) in [5, 5.41) is 8.95. The van der Waals surface area contributed by atoms with Gasteiger partial charge in [-0.2, -0.15) is 4.68 Å². The van der Waals surface area contributed by atoms with Crippen LogP contribution in [0, 0.1) is 9.77 Å². The van der Waals surface area contributed by atoms with Gasteiger partial charge in [0.1, 0.15) is 12.4 Å². The van der Waals surface area contributed by atoms with E-state index in [1.54, 1.807) is 16.8 Å². The van der Waals surface area contributed by atoms with Crippen LogP contribution in [0.4, 0.5) is 9.52 Å². The fraction of sp³-hybridized carbons (Fsp3) is 0.429. The van der Waals surface area contributed by atoms with E-state index in [0.717, 1.165) is 23.0 Å². The van der Waals surface area contributed by atoms with E-state index in [-0.39, 0.29) is 5.82 Å². The van der Waals surface area contributed by atoms with Gasteiger partial charge in [0.05, 0.1) is 17.6 Å². The van der Waals surface area contributed by atoms with Crippen molar-refractivity contribution < 1.29 is 9.29 Å². The van der Waals surface area contributed by atoms with Crippen molar-refractivity contribution in [2.24, 2.45) is 0 Å². The minimum Gasteiger partial charge on any atom is -0.360 e. The third-order valence-corrected chi connectivity index (χ3v) is 4.71. The zero-order chi connectivity index (χ0) is 16.1. The van der Waals surface area contributed by atoms with Gasteiger partial charge in [0.25, 0.3) is 0 Å². The van der Waals surface area contributed by atoms with Crippen LogP contribution in [0.2, 0.25) is 5.02 Å². The fourth-order valence-electron chi connectivity index (χ4n) is 2.02. The summed E-state index contributed by atoms with van der Waals surface area (Å²) in [7, 11) is 1.96. The lowest BCUT2D eigenvalue weighted by Crippen LogP contribution is -3.07. The Morgan fingerprint density at radius 1 is 1.50 bits per heavy atom. The SMILES string of the molecule is CCCNc1nn(C[NH+](C)Cc2c(F)cccc2Cl)c(=S)s1. The normalized spacial score (nSPS) is 12.4. The van der Waals surface area contributed by atoms with Crippen molar-refractivity contribution in [3.8, 4) is 0 Å². The summed E-state index contributed by atoms with van der Waals surface area (Å²) in [5.74, 6) is -0.279. The highest BCUT2D eigenvalue weighted by atomic mass is 35.5. The molecule has 0 bridgehead atoms. The molecule has 1 aromatic carbocycles. The van der Waals surface area contributed by atoms with Crippen molar-refractivity contribution >= 4 is 40.3 Å². The molecular formula is C14H19ClFN4S2+. The zero-order valence-electron chi connectivity index (χ0n) is 12.5. The van der Waals surface area contributed by atoms with E-state index in [4.69, 9.17) is 23.8 Å². The summed E-state index contributed by atoms with van der Waals surface area (Å²) in [6, 6.07) is 4.74. The summed E-state index contributed by atoms with van der Waals surface area (Å²) < 4.78 is 16.3. The lowest BCUT2D eigenvalue weighted by molar-refractivity contribution is -0.917. The number of nitrogens with one attached hydrogen (secondary N) is 2. The predicted octanol–water partition coefficient (Wildman–Crippen LogP) is 2.96. The molecule has 22 heavy (non-hydrogen) atoms.